The Bertz CT molecular complexity index is 1530. The number of ether oxygens (including phenoxy) is 2. The molecule has 6 atom stereocenters. The first-order chi connectivity index (χ1) is 22.1. The van der Waals surface area contributed by atoms with E-state index < -0.39 is 52.2 Å². The predicted molar refractivity (Wildman–Crippen MR) is 162 cm³/mol. The van der Waals surface area contributed by atoms with E-state index in [0.717, 1.165) is 30.4 Å². The average Bonchev–Trinajstić information content (AvgIpc) is 3.30. The minimum atomic E-state index is -5.63. The lowest BCUT2D eigenvalue weighted by atomic mass is 9.52. The quantitative estimate of drug-likeness (QED) is 0.0769. The maximum absolute atomic E-state index is 13.3. The molecule has 0 aliphatic heterocycles. The van der Waals surface area contributed by atoms with Crippen LogP contribution in [0.4, 0.5) is 32.4 Å². The van der Waals surface area contributed by atoms with Gasteiger partial charge in [0.05, 0.1) is 4.92 Å². The summed E-state index contributed by atoms with van der Waals surface area (Å²) in [6.07, 6.45) is -3.93. The number of nitro groups is 1. The number of hydrogen-bond donors (Lipinski definition) is 0. The van der Waals surface area contributed by atoms with E-state index in [1.807, 2.05) is 6.07 Å². The maximum atomic E-state index is 13.3. The number of alkyl halides is 5. The number of rotatable bonds is 11. The van der Waals surface area contributed by atoms with Crippen LogP contribution in [0.3, 0.4) is 0 Å². The average molecular weight is 686 g/mol. The number of carbonyl (C=O) groups excluding carboxylic acids is 2. The van der Waals surface area contributed by atoms with Gasteiger partial charge in [-0.3, -0.25) is 19.1 Å². The highest BCUT2D eigenvalue weighted by atomic mass is 32.2. The minimum Gasteiger partial charge on any atom is -0.395 e. The van der Waals surface area contributed by atoms with Crippen LogP contribution in [0.15, 0.2) is 42.5 Å². The number of Topliss-reactive ketones (excluding diaryl/α,β-unsaturated/α-hetero) is 1. The number of nitro benzene ring substituents is 1. The molecule has 2 aromatic carbocycles. The first-order valence-electron chi connectivity index (χ1n) is 15.7. The van der Waals surface area contributed by atoms with Gasteiger partial charge >= 0.3 is 18.3 Å². The molecule has 0 saturated heterocycles. The Morgan fingerprint density at radius 1 is 1.02 bits per heavy atom. The first kappa shape index (κ1) is 34.9. The molecule has 1 unspecified atom stereocenters. The van der Waals surface area contributed by atoms with Crippen molar-refractivity contribution in [3.8, 4) is 11.5 Å². The predicted octanol–water partition coefficient (Wildman–Crippen LogP) is 8.33. The van der Waals surface area contributed by atoms with Gasteiger partial charge in [0.25, 0.3) is 5.69 Å². The van der Waals surface area contributed by atoms with Gasteiger partial charge in [0.2, 0.25) is 0 Å². The number of fused-ring (bicyclic) bond motifs is 5. The summed E-state index contributed by atoms with van der Waals surface area (Å²) in [5.74, 6) is -3.66. The van der Waals surface area contributed by atoms with Gasteiger partial charge in [0, 0.05) is 52.7 Å². The molecule has 2 aromatic rings. The second kappa shape index (κ2) is 13.6. The van der Waals surface area contributed by atoms with E-state index in [1.165, 1.54) is 24.3 Å². The maximum Gasteiger partial charge on any atom is 0.519 e. The zero-order valence-corrected chi connectivity index (χ0v) is 26.5. The van der Waals surface area contributed by atoms with Gasteiger partial charge in [-0.1, -0.05) is 13.0 Å². The molecular formula is C33H36F5NO7S. The molecule has 256 valence electrons. The SMILES string of the molecule is C[C@]12CC[C@@H]3c4ccc(OC(=O)Oc5ccc([N+](=O)[O-])cc5)cc4C[C@@H](CCCS(=O)CCCC(F)(F)C(F)(F)F)[C@H]3[C@@H]1CCC2=O. The van der Waals surface area contributed by atoms with Gasteiger partial charge < -0.3 is 9.47 Å². The van der Waals surface area contributed by atoms with Crippen molar-refractivity contribution in [2.24, 2.45) is 23.2 Å². The summed E-state index contributed by atoms with van der Waals surface area (Å²) in [7, 11) is -1.55. The third-order valence-electron chi connectivity index (χ3n) is 10.3. The standard InChI is InChI=1S/C33H36F5NO7S/c1-31-15-13-26-25-10-9-24(46-30(41)45-23-7-5-22(6-8-23)39(42)43)19-21(25)18-20(29(26)27(31)11-12-28(31)40)4-2-16-47(44)17-3-14-32(34,35)33(36,37)38/h5-10,19-20,26-27,29H,2-4,11-18H2,1H3/t20-,26-,27+,29-,31+,47?/m1/s1. The van der Waals surface area contributed by atoms with Gasteiger partial charge in [-0.25, -0.2) is 4.79 Å². The second-order valence-corrected chi connectivity index (χ2v) is 14.7. The number of benzene rings is 2. The van der Waals surface area contributed by atoms with E-state index in [0.29, 0.717) is 25.7 Å². The Morgan fingerprint density at radius 2 is 1.68 bits per heavy atom. The topological polar surface area (TPSA) is 113 Å². The van der Waals surface area contributed by atoms with Crippen LogP contribution in [0.25, 0.3) is 0 Å². The lowest BCUT2D eigenvalue weighted by Crippen LogP contribution is -2.46. The third kappa shape index (κ3) is 7.52. The van der Waals surface area contributed by atoms with Gasteiger partial charge in [-0.05, 0) is 104 Å². The summed E-state index contributed by atoms with van der Waals surface area (Å²) in [5.41, 5.74) is 1.53. The van der Waals surface area contributed by atoms with Crippen LogP contribution < -0.4 is 9.47 Å². The highest BCUT2D eigenvalue weighted by molar-refractivity contribution is 7.84. The lowest BCUT2D eigenvalue weighted by molar-refractivity contribution is -0.384. The lowest BCUT2D eigenvalue weighted by Gasteiger charge is -2.51. The van der Waals surface area contributed by atoms with Crippen LogP contribution in [0.1, 0.15) is 75.3 Å². The zero-order valence-electron chi connectivity index (χ0n) is 25.7. The van der Waals surface area contributed by atoms with Gasteiger partial charge in [-0.2, -0.15) is 22.0 Å². The van der Waals surface area contributed by atoms with E-state index in [1.54, 1.807) is 12.1 Å². The summed E-state index contributed by atoms with van der Waals surface area (Å²) >= 11 is 0. The molecule has 0 radical (unpaired) electrons. The van der Waals surface area contributed by atoms with Crippen molar-refractivity contribution >= 4 is 28.4 Å². The number of hydrogen-bond acceptors (Lipinski definition) is 7. The Labute approximate surface area is 271 Å². The molecule has 0 aromatic heterocycles. The second-order valence-electron chi connectivity index (χ2n) is 13.0. The first-order valence-corrected chi connectivity index (χ1v) is 17.2. The highest BCUT2D eigenvalue weighted by Gasteiger charge is 2.57. The van der Waals surface area contributed by atoms with Gasteiger partial charge in [0.1, 0.15) is 17.3 Å². The van der Waals surface area contributed by atoms with Crippen molar-refractivity contribution < 1.29 is 50.1 Å². The number of nitrogens with zero attached hydrogens (tertiary/aromatic N) is 1. The fraction of sp³-hybridized carbons (Fsp3) is 0.576. The largest absolute Gasteiger partial charge is 0.519 e. The molecule has 0 heterocycles. The summed E-state index contributed by atoms with van der Waals surface area (Å²) in [4.78, 5) is 35.8. The van der Waals surface area contributed by atoms with Crippen molar-refractivity contribution in [2.45, 2.75) is 82.7 Å². The molecule has 3 aliphatic carbocycles. The number of halogens is 5. The van der Waals surface area contributed by atoms with Crippen LogP contribution in [0, 0.1) is 33.3 Å². The number of ketones is 1. The molecule has 47 heavy (non-hydrogen) atoms. The monoisotopic (exact) mass is 685 g/mol. The van der Waals surface area contributed by atoms with Crippen LogP contribution in [-0.2, 0) is 22.0 Å². The van der Waals surface area contributed by atoms with E-state index >= 15 is 0 Å². The van der Waals surface area contributed by atoms with Gasteiger partial charge in [-0.15, -0.1) is 0 Å². The molecule has 0 spiro atoms. The number of carbonyl (C=O) groups is 2. The van der Waals surface area contributed by atoms with Crippen molar-refractivity contribution in [1.82, 2.24) is 0 Å². The van der Waals surface area contributed by atoms with Crippen molar-refractivity contribution in [2.75, 3.05) is 11.5 Å². The third-order valence-corrected chi connectivity index (χ3v) is 11.7. The van der Waals surface area contributed by atoms with Crippen LogP contribution in [0.2, 0.25) is 0 Å². The number of non-ortho nitro benzene ring substituents is 1. The molecule has 2 saturated carbocycles. The fourth-order valence-corrected chi connectivity index (χ4v) is 9.10. The summed E-state index contributed by atoms with van der Waals surface area (Å²) in [5, 5.41) is 10.9. The van der Waals surface area contributed by atoms with Crippen LogP contribution in [-0.4, -0.2) is 44.7 Å². The molecule has 0 N–H and O–H groups in total. The van der Waals surface area contributed by atoms with E-state index in [4.69, 9.17) is 9.47 Å². The van der Waals surface area contributed by atoms with Gasteiger partial charge in [0.15, 0.2) is 0 Å². The van der Waals surface area contributed by atoms with E-state index in [2.05, 4.69) is 6.92 Å². The Hall–Kier alpha value is -3.42. The summed E-state index contributed by atoms with van der Waals surface area (Å²) < 4.78 is 87.0. The van der Waals surface area contributed by atoms with Crippen LogP contribution >= 0.6 is 0 Å². The Balaban J connectivity index is 1.26. The normalized spacial score (nSPS) is 26.1. The Kier molecular flexibility index (Phi) is 10.1. The van der Waals surface area contributed by atoms with E-state index in [9.17, 15) is 45.9 Å². The molecule has 5 rings (SSSR count). The highest BCUT2D eigenvalue weighted by Crippen LogP contribution is 2.61. The molecule has 3 aliphatic rings. The zero-order chi connectivity index (χ0) is 34.1. The summed E-state index contributed by atoms with van der Waals surface area (Å²) in [6.45, 7) is 2.05. The molecule has 14 heteroatoms. The summed E-state index contributed by atoms with van der Waals surface area (Å²) in [6, 6.07) is 10.4. The molecule has 8 nitrogen and oxygen atoms in total. The van der Waals surface area contributed by atoms with E-state index in [-0.39, 0.29) is 58.1 Å². The smallest absolute Gasteiger partial charge is 0.395 e. The Morgan fingerprint density at radius 3 is 2.36 bits per heavy atom. The molecule has 0 amide bonds. The van der Waals surface area contributed by atoms with Crippen molar-refractivity contribution in [3.63, 3.8) is 0 Å². The fourth-order valence-electron chi connectivity index (χ4n) is 7.94. The van der Waals surface area contributed by atoms with Crippen molar-refractivity contribution in [1.29, 1.82) is 0 Å². The minimum absolute atomic E-state index is 0.0734. The molecular weight excluding hydrogens is 649 g/mol. The van der Waals surface area contributed by atoms with Crippen molar-refractivity contribution in [3.05, 3.63) is 63.7 Å². The molecule has 2 fully saturated rings. The van der Waals surface area contributed by atoms with Crippen LogP contribution in [0.5, 0.6) is 11.5 Å². The molecule has 0 bridgehead atoms.